The summed E-state index contributed by atoms with van der Waals surface area (Å²) in [6.45, 7) is 9.62. The molecule has 0 bridgehead atoms. The number of benzene rings is 3. The first kappa shape index (κ1) is 26.2. The Bertz CT molecular complexity index is 1350. The van der Waals surface area contributed by atoms with E-state index < -0.39 is 15.9 Å². The summed E-state index contributed by atoms with van der Waals surface area (Å²) in [5.74, 6) is -0.662. The minimum Gasteiger partial charge on any atom is -0.324 e. The quantitative estimate of drug-likeness (QED) is 0.458. The zero-order valence-electron chi connectivity index (χ0n) is 21.0. The molecule has 0 atom stereocenters. The van der Waals surface area contributed by atoms with Gasteiger partial charge in [0.2, 0.25) is 15.9 Å². The Morgan fingerprint density at radius 1 is 0.886 bits per heavy atom. The van der Waals surface area contributed by atoms with Gasteiger partial charge in [0.1, 0.15) is 6.54 Å². The Labute approximate surface area is 208 Å². The second-order valence-electron chi connectivity index (χ2n) is 9.85. The fourth-order valence-corrected chi connectivity index (χ4v) is 4.63. The van der Waals surface area contributed by atoms with Gasteiger partial charge in [-0.25, -0.2) is 8.42 Å². The number of ketones is 1. The van der Waals surface area contributed by atoms with Gasteiger partial charge in [-0.2, -0.15) is 0 Å². The van der Waals surface area contributed by atoms with Gasteiger partial charge in [-0.3, -0.25) is 13.9 Å². The zero-order chi connectivity index (χ0) is 26.0. The average molecular weight is 493 g/mol. The third-order valence-corrected chi connectivity index (χ3v) is 6.87. The van der Waals surface area contributed by atoms with Crippen LogP contribution >= 0.6 is 0 Å². The lowest BCUT2D eigenvalue weighted by molar-refractivity contribution is -0.114. The summed E-state index contributed by atoms with van der Waals surface area (Å²) in [6, 6.07) is 19.6. The number of sulfonamides is 1. The van der Waals surface area contributed by atoms with Gasteiger partial charge >= 0.3 is 0 Å². The van der Waals surface area contributed by atoms with Crippen molar-refractivity contribution in [3.8, 4) is 0 Å². The first-order valence-corrected chi connectivity index (χ1v) is 13.2. The minimum absolute atomic E-state index is 0.0113. The SMILES string of the molecule is Cc1ccc(C)c(N(CC(=O)Nc2cccc(C(=O)c3ccc(C(C)(C)C)cc3)c2)S(C)(=O)=O)c1. The van der Waals surface area contributed by atoms with Crippen LogP contribution in [-0.4, -0.2) is 32.9 Å². The van der Waals surface area contributed by atoms with E-state index in [4.69, 9.17) is 0 Å². The Hall–Kier alpha value is -3.45. The molecule has 0 aliphatic heterocycles. The van der Waals surface area contributed by atoms with Crippen LogP contribution in [0, 0.1) is 13.8 Å². The minimum atomic E-state index is -3.70. The molecule has 0 radical (unpaired) electrons. The number of carbonyl (C=O) groups excluding carboxylic acids is 2. The van der Waals surface area contributed by atoms with Crippen LogP contribution in [0.5, 0.6) is 0 Å². The van der Waals surface area contributed by atoms with Crippen LogP contribution in [0.2, 0.25) is 0 Å². The number of nitrogens with zero attached hydrogens (tertiary/aromatic N) is 1. The van der Waals surface area contributed by atoms with Gasteiger partial charge in [0, 0.05) is 16.8 Å². The van der Waals surface area contributed by atoms with Gasteiger partial charge in [-0.1, -0.05) is 69.3 Å². The van der Waals surface area contributed by atoms with Crippen molar-refractivity contribution in [3.05, 3.63) is 94.5 Å². The highest BCUT2D eigenvalue weighted by molar-refractivity contribution is 7.92. The first-order chi connectivity index (χ1) is 16.3. The van der Waals surface area contributed by atoms with Crippen molar-refractivity contribution >= 4 is 33.1 Å². The Morgan fingerprint density at radius 2 is 1.54 bits per heavy atom. The molecule has 0 saturated heterocycles. The molecule has 3 aromatic rings. The van der Waals surface area contributed by atoms with Crippen LogP contribution in [0.25, 0.3) is 0 Å². The van der Waals surface area contributed by atoms with Gasteiger partial charge in [0.25, 0.3) is 0 Å². The van der Waals surface area contributed by atoms with E-state index in [1.54, 1.807) is 37.3 Å². The number of rotatable bonds is 7. The standard InChI is InChI=1S/C28H32N2O4S/c1-19-10-11-20(2)25(16-19)30(35(6,33)34)18-26(31)29-24-9-7-8-22(17-24)27(32)21-12-14-23(15-13-21)28(3,4)5/h7-17H,18H2,1-6H3,(H,29,31). The summed E-state index contributed by atoms with van der Waals surface area (Å²) in [6.07, 6.45) is 1.08. The largest absolute Gasteiger partial charge is 0.324 e. The molecular weight excluding hydrogens is 460 g/mol. The molecule has 1 amide bonds. The van der Waals surface area contributed by atoms with E-state index in [0.29, 0.717) is 22.5 Å². The molecule has 3 aromatic carbocycles. The lowest BCUT2D eigenvalue weighted by atomic mass is 9.86. The van der Waals surface area contributed by atoms with Crippen molar-refractivity contribution in [1.29, 1.82) is 0 Å². The number of hydrogen-bond acceptors (Lipinski definition) is 4. The Kier molecular flexibility index (Phi) is 7.50. The monoisotopic (exact) mass is 492 g/mol. The third kappa shape index (κ3) is 6.57. The molecule has 35 heavy (non-hydrogen) atoms. The van der Waals surface area contributed by atoms with Gasteiger partial charge in [-0.05, 0) is 54.2 Å². The van der Waals surface area contributed by atoms with Crippen LogP contribution in [0.4, 0.5) is 11.4 Å². The van der Waals surface area contributed by atoms with Gasteiger partial charge < -0.3 is 5.32 Å². The molecule has 1 N–H and O–H groups in total. The summed E-state index contributed by atoms with van der Waals surface area (Å²) in [7, 11) is -3.70. The Morgan fingerprint density at radius 3 is 2.14 bits per heavy atom. The smallest absolute Gasteiger partial charge is 0.245 e. The summed E-state index contributed by atoms with van der Waals surface area (Å²) >= 11 is 0. The molecule has 0 aliphatic rings. The maximum Gasteiger partial charge on any atom is 0.245 e. The zero-order valence-corrected chi connectivity index (χ0v) is 21.9. The highest BCUT2D eigenvalue weighted by Crippen LogP contribution is 2.25. The van der Waals surface area contributed by atoms with E-state index in [1.807, 2.05) is 43.3 Å². The summed E-state index contributed by atoms with van der Waals surface area (Å²) in [4.78, 5) is 25.8. The highest BCUT2D eigenvalue weighted by atomic mass is 32.2. The predicted octanol–water partition coefficient (Wildman–Crippen LogP) is 5.24. The van der Waals surface area contributed by atoms with Crippen LogP contribution in [0.3, 0.4) is 0 Å². The topological polar surface area (TPSA) is 83.6 Å². The maximum atomic E-state index is 13.0. The van der Waals surface area contributed by atoms with E-state index >= 15 is 0 Å². The van der Waals surface area contributed by atoms with Crippen LogP contribution in [-0.2, 0) is 20.2 Å². The van der Waals surface area contributed by atoms with E-state index in [1.165, 1.54) is 0 Å². The number of nitrogens with one attached hydrogen (secondary N) is 1. The van der Waals surface area contributed by atoms with Crippen molar-refractivity contribution in [3.63, 3.8) is 0 Å². The molecule has 3 rings (SSSR count). The molecule has 0 unspecified atom stereocenters. The predicted molar refractivity (Wildman–Crippen MR) is 142 cm³/mol. The maximum absolute atomic E-state index is 13.0. The van der Waals surface area contributed by atoms with E-state index in [-0.39, 0.29) is 17.7 Å². The molecular formula is C28H32N2O4S. The van der Waals surface area contributed by atoms with Crippen molar-refractivity contribution < 1.29 is 18.0 Å². The number of aryl methyl sites for hydroxylation is 2. The summed E-state index contributed by atoms with van der Waals surface area (Å²) in [5, 5.41) is 2.73. The number of carbonyl (C=O) groups is 2. The molecule has 0 aromatic heterocycles. The van der Waals surface area contributed by atoms with Crippen molar-refractivity contribution in [2.75, 3.05) is 22.4 Å². The number of hydrogen-bond donors (Lipinski definition) is 1. The van der Waals surface area contributed by atoms with Crippen LogP contribution in [0.15, 0.2) is 66.7 Å². The summed E-state index contributed by atoms with van der Waals surface area (Å²) in [5.41, 5.74) is 4.63. The van der Waals surface area contributed by atoms with Gasteiger partial charge in [0.05, 0.1) is 11.9 Å². The average Bonchev–Trinajstić information content (AvgIpc) is 2.77. The third-order valence-electron chi connectivity index (χ3n) is 5.74. The van der Waals surface area contributed by atoms with E-state index in [0.717, 1.165) is 27.3 Å². The van der Waals surface area contributed by atoms with Crippen LogP contribution < -0.4 is 9.62 Å². The van der Waals surface area contributed by atoms with E-state index in [9.17, 15) is 18.0 Å². The fourth-order valence-electron chi connectivity index (χ4n) is 3.73. The molecule has 0 fully saturated rings. The van der Waals surface area contributed by atoms with Gasteiger partial charge in [-0.15, -0.1) is 0 Å². The fraction of sp³-hybridized carbons (Fsp3) is 0.286. The first-order valence-electron chi connectivity index (χ1n) is 11.4. The molecule has 184 valence electrons. The van der Waals surface area contributed by atoms with Gasteiger partial charge in [0.15, 0.2) is 5.78 Å². The van der Waals surface area contributed by atoms with Crippen LogP contribution in [0.1, 0.15) is 53.4 Å². The molecule has 0 saturated carbocycles. The number of amides is 1. The normalized spacial score (nSPS) is 11.7. The molecule has 0 heterocycles. The Balaban J connectivity index is 1.79. The van der Waals surface area contributed by atoms with Crippen molar-refractivity contribution in [1.82, 2.24) is 0 Å². The lowest BCUT2D eigenvalue weighted by Gasteiger charge is -2.24. The molecule has 0 spiro atoms. The van der Waals surface area contributed by atoms with Crippen molar-refractivity contribution in [2.24, 2.45) is 0 Å². The molecule has 0 aliphatic carbocycles. The van der Waals surface area contributed by atoms with E-state index in [2.05, 4.69) is 26.1 Å². The van der Waals surface area contributed by atoms with Crippen molar-refractivity contribution in [2.45, 2.75) is 40.0 Å². The highest BCUT2D eigenvalue weighted by Gasteiger charge is 2.23. The second kappa shape index (κ2) is 10.0. The second-order valence-corrected chi connectivity index (χ2v) is 11.8. The lowest BCUT2D eigenvalue weighted by Crippen LogP contribution is -2.38. The molecule has 6 nitrogen and oxygen atoms in total. The summed E-state index contributed by atoms with van der Waals surface area (Å²) < 4.78 is 26.0. The number of anilines is 2. The molecule has 7 heteroatoms.